The third-order valence-corrected chi connectivity index (χ3v) is 2.98. The van der Waals surface area contributed by atoms with Crippen LogP contribution < -0.4 is 5.32 Å². The molecular weight excluding hydrogens is 250 g/mol. The lowest BCUT2D eigenvalue weighted by Gasteiger charge is -2.07. The number of pyridine rings is 1. The average Bonchev–Trinajstić information content (AvgIpc) is 3.00. The first-order valence-corrected chi connectivity index (χ1v) is 6.43. The van der Waals surface area contributed by atoms with Gasteiger partial charge in [0.15, 0.2) is 5.82 Å². The van der Waals surface area contributed by atoms with Crippen LogP contribution in [0, 0.1) is 6.92 Å². The summed E-state index contributed by atoms with van der Waals surface area (Å²) >= 11 is 0. The average molecular weight is 265 g/mol. The van der Waals surface area contributed by atoms with Gasteiger partial charge in [-0.05, 0) is 30.7 Å². The van der Waals surface area contributed by atoms with Gasteiger partial charge in [-0.15, -0.1) is 0 Å². The second-order valence-electron chi connectivity index (χ2n) is 4.55. The normalized spacial score (nSPS) is 10.4. The van der Waals surface area contributed by atoms with Crippen molar-refractivity contribution in [2.75, 3.05) is 5.32 Å². The van der Waals surface area contributed by atoms with Gasteiger partial charge >= 0.3 is 0 Å². The Morgan fingerprint density at radius 2 is 2.05 bits per heavy atom. The molecule has 0 saturated heterocycles. The molecule has 0 atom stereocenters. The SMILES string of the molecule is Cc1cccc(NCc2cccc(-c3ncn[nH]3)c2)n1. The van der Waals surface area contributed by atoms with Crippen LogP contribution in [0.2, 0.25) is 0 Å². The van der Waals surface area contributed by atoms with Crippen molar-refractivity contribution in [1.29, 1.82) is 0 Å². The minimum Gasteiger partial charge on any atom is -0.366 e. The van der Waals surface area contributed by atoms with Crippen molar-refractivity contribution in [2.24, 2.45) is 0 Å². The first-order valence-electron chi connectivity index (χ1n) is 6.43. The van der Waals surface area contributed by atoms with Crippen LogP contribution in [0.25, 0.3) is 11.4 Å². The van der Waals surface area contributed by atoms with Gasteiger partial charge < -0.3 is 5.32 Å². The molecule has 2 N–H and O–H groups in total. The lowest BCUT2D eigenvalue weighted by molar-refractivity contribution is 1.08. The molecule has 2 aromatic heterocycles. The number of benzene rings is 1. The standard InChI is InChI=1S/C15H15N5/c1-11-4-2-7-14(19-11)16-9-12-5-3-6-13(8-12)15-17-10-18-20-15/h2-8,10H,9H2,1H3,(H,16,19)(H,17,18,20). The van der Waals surface area contributed by atoms with E-state index in [2.05, 4.69) is 37.6 Å². The monoisotopic (exact) mass is 265 g/mol. The lowest BCUT2D eigenvalue weighted by Crippen LogP contribution is -2.01. The van der Waals surface area contributed by atoms with Gasteiger partial charge in [-0.25, -0.2) is 9.97 Å². The van der Waals surface area contributed by atoms with Crippen LogP contribution in [0.1, 0.15) is 11.3 Å². The fourth-order valence-corrected chi connectivity index (χ4v) is 2.01. The number of anilines is 1. The highest BCUT2D eigenvalue weighted by molar-refractivity contribution is 5.55. The van der Waals surface area contributed by atoms with Gasteiger partial charge in [-0.1, -0.05) is 24.3 Å². The van der Waals surface area contributed by atoms with Crippen molar-refractivity contribution in [3.63, 3.8) is 0 Å². The van der Waals surface area contributed by atoms with E-state index in [1.807, 2.05) is 37.3 Å². The number of aryl methyl sites for hydroxylation is 1. The van der Waals surface area contributed by atoms with Gasteiger partial charge in [0.05, 0.1) is 0 Å². The van der Waals surface area contributed by atoms with E-state index in [4.69, 9.17) is 0 Å². The summed E-state index contributed by atoms with van der Waals surface area (Å²) in [7, 11) is 0. The van der Waals surface area contributed by atoms with Crippen LogP contribution in [0.4, 0.5) is 5.82 Å². The summed E-state index contributed by atoms with van der Waals surface area (Å²) < 4.78 is 0. The van der Waals surface area contributed by atoms with E-state index in [1.165, 1.54) is 11.9 Å². The molecule has 0 aliphatic carbocycles. The smallest absolute Gasteiger partial charge is 0.155 e. The first-order chi connectivity index (χ1) is 9.81. The van der Waals surface area contributed by atoms with E-state index in [0.29, 0.717) is 0 Å². The molecule has 100 valence electrons. The van der Waals surface area contributed by atoms with E-state index < -0.39 is 0 Å². The Balaban J connectivity index is 1.73. The summed E-state index contributed by atoms with van der Waals surface area (Å²) in [5, 5.41) is 10.1. The summed E-state index contributed by atoms with van der Waals surface area (Å²) in [5.41, 5.74) is 3.20. The van der Waals surface area contributed by atoms with Crippen molar-refractivity contribution in [3.8, 4) is 11.4 Å². The number of aromatic nitrogens is 4. The predicted molar refractivity (Wildman–Crippen MR) is 78.1 cm³/mol. The van der Waals surface area contributed by atoms with Gasteiger partial charge in [0.1, 0.15) is 12.1 Å². The minimum absolute atomic E-state index is 0.721. The fourth-order valence-electron chi connectivity index (χ4n) is 2.01. The van der Waals surface area contributed by atoms with Gasteiger partial charge in [-0.3, -0.25) is 5.10 Å². The molecule has 0 saturated carbocycles. The quantitative estimate of drug-likeness (QED) is 0.761. The highest BCUT2D eigenvalue weighted by Crippen LogP contribution is 2.16. The van der Waals surface area contributed by atoms with Crippen LogP contribution in [-0.4, -0.2) is 20.2 Å². The van der Waals surface area contributed by atoms with Crippen molar-refractivity contribution < 1.29 is 0 Å². The van der Waals surface area contributed by atoms with Crippen LogP contribution in [0.3, 0.4) is 0 Å². The second kappa shape index (κ2) is 5.52. The zero-order chi connectivity index (χ0) is 13.8. The largest absolute Gasteiger partial charge is 0.366 e. The van der Waals surface area contributed by atoms with Gasteiger partial charge in [0, 0.05) is 17.8 Å². The van der Waals surface area contributed by atoms with E-state index in [9.17, 15) is 0 Å². The van der Waals surface area contributed by atoms with E-state index >= 15 is 0 Å². The molecule has 2 heterocycles. The maximum absolute atomic E-state index is 4.42. The summed E-state index contributed by atoms with van der Waals surface area (Å²) in [6.45, 7) is 2.70. The summed E-state index contributed by atoms with van der Waals surface area (Å²) in [5.74, 6) is 1.66. The minimum atomic E-state index is 0.721. The highest BCUT2D eigenvalue weighted by Gasteiger charge is 2.02. The Labute approximate surface area is 117 Å². The number of aromatic amines is 1. The van der Waals surface area contributed by atoms with Crippen LogP contribution >= 0.6 is 0 Å². The Hall–Kier alpha value is -2.69. The van der Waals surface area contributed by atoms with Crippen molar-refractivity contribution in [3.05, 3.63) is 60.0 Å². The number of rotatable bonds is 4. The Bertz CT molecular complexity index is 691. The number of nitrogens with one attached hydrogen (secondary N) is 2. The number of hydrogen-bond acceptors (Lipinski definition) is 4. The van der Waals surface area contributed by atoms with Crippen LogP contribution in [0.5, 0.6) is 0 Å². The number of nitrogens with zero attached hydrogens (tertiary/aromatic N) is 3. The predicted octanol–water partition coefficient (Wildman–Crippen LogP) is 2.79. The lowest BCUT2D eigenvalue weighted by atomic mass is 10.1. The number of H-pyrrole nitrogens is 1. The molecule has 0 spiro atoms. The molecule has 3 aromatic rings. The second-order valence-corrected chi connectivity index (χ2v) is 4.55. The molecular formula is C15H15N5. The first kappa shape index (κ1) is 12.3. The van der Waals surface area contributed by atoms with Crippen molar-refractivity contribution >= 4 is 5.82 Å². The Morgan fingerprint density at radius 3 is 2.85 bits per heavy atom. The zero-order valence-electron chi connectivity index (χ0n) is 11.2. The topological polar surface area (TPSA) is 66.5 Å². The van der Waals surface area contributed by atoms with Gasteiger partial charge in [0.25, 0.3) is 0 Å². The Morgan fingerprint density at radius 1 is 1.15 bits per heavy atom. The molecule has 0 aliphatic rings. The Kier molecular flexibility index (Phi) is 3.41. The van der Waals surface area contributed by atoms with Crippen molar-refractivity contribution in [2.45, 2.75) is 13.5 Å². The van der Waals surface area contributed by atoms with E-state index in [-0.39, 0.29) is 0 Å². The fraction of sp³-hybridized carbons (Fsp3) is 0.133. The molecule has 0 unspecified atom stereocenters. The zero-order valence-corrected chi connectivity index (χ0v) is 11.2. The van der Waals surface area contributed by atoms with Crippen molar-refractivity contribution in [1.82, 2.24) is 20.2 Å². The van der Waals surface area contributed by atoms with E-state index in [0.717, 1.165) is 29.4 Å². The third-order valence-electron chi connectivity index (χ3n) is 2.98. The maximum atomic E-state index is 4.42. The molecule has 0 aliphatic heterocycles. The summed E-state index contributed by atoms with van der Waals surface area (Å²) in [4.78, 5) is 8.58. The van der Waals surface area contributed by atoms with Gasteiger partial charge in [-0.2, -0.15) is 5.10 Å². The van der Waals surface area contributed by atoms with Crippen LogP contribution in [0.15, 0.2) is 48.8 Å². The third kappa shape index (κ3) is 2.83. The number of hydrogen-bond donors (Lipinski definition) is 2. The van der Waals surface area contributed by atoms with Gasteiger partial charge in [0.2, 0.25) is 0 Å². The summed E-state index contributed by atoms with van der Waals surface area (Å²) in [6, 6.07) is 14.1. The van der Waals surface area contributed by atoms with Crippen LogP contribution in [-0.2, 0) is 6.54 Å². The highest BCUT2D eigenvalue weighted by atomic mass is 15.2. The van der Waals surface area contributed by atoms with E-state index in [1.54, 1.807) is 0 Å². The molecule has 0 bridgehead atoms. The molecule has 1 aromatic carbocycles. The molecule has 5 nitrogen and oxygen atoms in total. The molecule has 5 heteroatoms. The molecule has 20 heavy (non-hydrogen) atoms. The molecule has 0 radical (unpaired) electrons. The molecule has 0 amide bonds. The molecule has 3 rings (SSSR count). The summed E-state index contributed by atoms with van der Waals surface area (Å²) in [6.07, 6.45) is 1.51. The maximum Gasteiger partial charge on any atom is 0.155 e. The molecule has 0 fully saturated rings.